The Hall–Kier alpha value is -2.95. The summed E-state index contributed by atoms with van der Waals surface area (Å²) in [6.45, 7) is 4.55. The van der Waals surface area contributed by atoms with Gasteiger partial charge in [-0.3, -0.25) is 9.89 Å². The Morgan fingerprint density at radius 2 is 1.79 bits per heavy atom. The fraction of sp³-hybridized carbons (Fsp3) is 0.304. The predicted molar refractivity (Wildman–Crippen MR) is 109 cm³/mol. The molecule has 3 aromatic rings. The van der Waals surface area contributed by atoms with Crippen molar-refractivity contribution in [2.75, 3.05) is 13.6 Å². The number of nitrogens with zero attached hydrogens (tertiary/aromatic N) is 2. The summed E-state index contributed by atoms with van der Waals surface area (Å²) in [4.78, 5) is 14.6. The van der Waals surface area contributed by atoms with Crippen molar-refractivity contribution in [3.8, 4) is 0 Å². The van der Waals surface area contributed by atoms with Crippen LogP contribution in [0, 0.1) is 19.7 Å². The van der Waals surface area contributed by atoms with Crippen LogP contribution in [-0.2, 0) is 11.2 Å². The van der Waals surface area contributed by atoms with Crippen molar-refractivity contribution in [3.63, 3.8) is 0 Å². The van der Waals surface area contributed by atoms with E-state index in [0.717, 1.165) is 28.9 Å². The SMILES string of the molecule is Cc1n[nH]c(C)c1CCN(C)C(=O)CC(c1ccccc1)c1ccccc1F. The molecule has 1 atom stereocenters. The lowest BCUT2D eigenvalue weighted by atomic mass is 9.87. The minimum absolute atomic E-state index is 0.00379. The summed E-state index contributed by atoms with van der Waals surface area (Å²) < 4.78 is 14.5. The predicted octanol–water partition coefficient (Wildman–Crippen LogP) is 4.39. The molecule has 1 N–H and O–H groups in total. The molecule has 1 amide bonds. The molecule has 0 bridgehead atoms. The van der Waals surface area contributed by atoms with Crippen LogP contribution in [0.5, 0.6) is 0 Å². The lowest BCUT2D eigenvalue weighted by molar-refractivity contribution is -0.130. The van der Waals surface area contributed by atoms with E-state index in [1.807, 2.05) is 50.2 Å². The van der Waals surface area contributed by atoms with Crippen LogP contribution in [0.1, 0.15) is 40.4 Å². The number of hydrogen-bond acceptors (Lipinski definition) is 2. The van der Waals surface area contributed by atoms with Crippen molar-refractivity contribution >= 4 is 5.91 Å². The lowest BCUT2D eigenvalue weighted by Gasteiger charge is -2.23. The van der Waals surface area contributed by atoms with Crippen LogP contribution < -0.4 is 0 Å². The van der Waals surface area contributed by atoms with Crippen LogP contribution in [0.3, 0.4) is 0 Å². The summed E-state index contributed by atoms with van der Waals surface area (Å²) in [5.41, 5.74) is 4.64. The minimum Gasteiger partial charge on any atom is -0.345 e. The van der Waals surface area contributed by atoms with Gasteiger partial charge in [-0.25, -0.2) is 4.39 Å². The first-order chi connectivity index (χ1) is 13.5. The van der Waals surface area contributed by atoms with Crippen molar-refractivity contribution in [1.29, 1.82) is 0 Å². The van der Waals surface area contributed by atoms with E-state index < -0.39 is 0 Å². The van der Waals surface area contributed by atoms with Crippen molar-refractivity contribution in [2.24, 2.45) is 0 Å². The smallest absolute Gasteiger partial charge is 0.223 e. The first-order valence-corrected chi connectivity index (χ1v) is 9.51. The van der Waals surface area contributed by atoms with E-state index in [4.69, 9.17) is 0 Å². The number of amides is 1. The molecule has 28 heavy (non-hydrogen) atoms. The zero-order chi connectivity index (χ0) is 20.1. The molecule has 1 heterocycles. The van der Waals surface area contributed by atoms with E-state index >= 15 is 0 Å². The third kappa shape index (κ3) is 4.47. The molecule has 0 fully saturated rings. The van der Waals surface area contributed by atoms with Crippen LogP contribution in [0.4, 0.5) is 4.39 Å². The van der Waals surface area contributed by atoms with E-state index in [1.165, 1.54) is 6.07 Å². The molecule has 3 rings (SSSR count). The standard InChI is InChI=1S/C23H26FN3O/c1-16-19(17(2)26-25-16)13-14-27(3)23(28)15-21(18-9-5-4-6-10-18)20-11-7-8-12-22(20)24/h4-12,21H,13-15H2,1-3H3,(H,25,26). The second kappa shape index (κ2) is 8.83. The van der Waals surface area contributed by atoms with E-state index in [0.29, 0.717) is 12.1 Å². The van der Waals surface area contributed by atoms with Gasteiger partial charge in [0.15, 0.2) is 0 Å². The van der Waals surface area contributed by atoms with Gasteiger partial charge >= 0.3 is 0 Å². The second-order valence-electron chi connectivity index (χ2n) is 7.17. The van der Waals surface area contributed by atoms with Crippen LogP contribution >= 0.6 is 0 Å². The lowest BCUT2D eigenvalue weighted by Crippen LogP contribution is -2.30. The molecule has 0 radical (unpaired) electrons. The molecule has 2 aromatic carbocycles. The zero-order valence-electron chi connectivity index (χ0n) is 16.6. The first-order valence-electron chi connectivity index (χ1n) is 9.51. The van der Waals surface area contributed by atoms with Gasteiger partial charge in [-0.05, 0) is 43.0 Å². The first kappa shape index (κ1) is 19.8. The second-order valence-corrected chi connectivity index (χ2v) is 7.17. The number of halogens is 1. The third-order valence-electron chi connectivity index (χ3n) is 5.27. The van der Waals surface area contributed by atoms with Gasteiger partial charge in [0.05, 0.1) is 5.69 Å². The van der Waals surface area contributed by atoms with Gasteiger partial charge in [0.1, 0.15) is 5.82 Å². The van der Waals surface area contributed by atoms with Gasteiger partial charge in [-0.2, -0.15) is 5.10 Å². The van der Waals surface area contributed by atoms with Crippen molar-refractivity contribution < 1.29 is 9.18 Å². The van der Waals surface area contributed by atoms with Gasteiger partial charge in [-0.1, -0.05) is 48.5 Å². The maximum Gasteiger partial charge on any atom is 0.223 e. The molecule has 1 aromatic heterocycles. The Morgan fingerprint density at radius 3 is 2.43 bits per heavy atom. The van der Waals surface area contributed by atoms with E-state index in [-0.39, 0.29) is 24.1 Å². The van der Waals surface area contributed by atoms with E-state index in [9.17, 15) is 9.18 Å². The number of aryl methyl sites for hydroxylation is 2. The van der Waals surface area contributed by atoms with Crippen LogP contribution in [0.25, 0.3) is 0 Å². The Kier molecular flexibility index (Phi) is 6.24. The number of carbonyl (C=O) groups excluding carboxylic acids is 1. The number of aromatic nitrogens is 2. The fourth-order valence-electron chi connectivity index (χ4n) is 3.53. The van der Waals surface area contributed by atoms with Gasteiger partial charge in [0, 0.05) is 31.6 Å². The monoisotopic (exact) mass is 379 g/mol. The highest BCUT2D eigenvalue weighted by Crippen LogP contribution is 2.30. The highest BCUT2D eigenvalue weighted by atomic mass is 19.1. The van der Waals surface area contributed by atoms with Crippen molar-refractivity contribution in [1.82, 2.24) is 15.1 Å². The zero-order valence-corrected chi connectivity index (χ0v) is 16.6. The Morgan fingerprint density at radius 1 is 1.11 bits per heavy atom. The molecular formula is C23H26FN3O. The normalized spacial score (nSPS) is 12.0. The summed E-state index contributed by atoms with van der Waals surface area (Å²) >= 11 is 0. The van der Waals surface area contributed by atoms with Crippen LogP contribution in [-0.4, -0.2) is 34.6 Å². The number of hydrogen-bond donors (Lipinski definition) is 1. The number of carbonyl (C=O) groups is 1. The molecule has 4 nitrogen and oxygen atoms in total. The van der Waals surface area contributed by atoms with E-state index in [2.05, 4.69) is 10.2 Å². The Balaban J connectivity index is 1.75. The number of likely N-dealkylation sites (N-methyl/N-ethyl adjacent to an activating group) is 1. The Labute approximate surface area is 165 Å². The molecular weight excluding hydrogens is 353 g/mol. The van der Waals surface area contributed by atoms with Crippen LogP contribution in [0.15, 0.2) is 54.6 Å². The highest BCUT2D eigenvalue weighted by molar-refractivity contribution is 5.77. The van der Waals surface area contributed by atoms with Gasteiger partial charge in [-0.15, -0.1) is 0 Å². The average Bonchev–Trinajstić information content (AvgIpc) is 3.03. The highest BCUT2D eigenvalue weighted by Gasteiger charge is 2.23. The Bertz CT molecular complexity index is 917. The van der Waals surface area contributed by atoms with E-state index in [1.54, 1.807) is 24.1 Å². The van der Waals surface area contributed by atoms with Gasteiger partial charge < -0.3 is 4.90 Å². The topological polar surface area (TPSA) is 49.0 Å². The van der Waals surface area contributed by atoms with Crippen LogP contribution in [0.2, 0.25) is 0 Å². The molecule has 0 aliphatic heterocycles. The number of benzene rings is 2. The number of H-pyrrole nitrogens is 1. The molecule has 5 heteroatoms. The maximum absolute atomic E-state index is 14.5. The molecule has 0 saturated carbocycles. The summed E-state index contributed by atoms with van der Waals surface area (Å²) in [6.07, 6.45) is 0.969. The largest absolute Gasteiger partial charge is 0.345 e. The molecule has 0 aliphatic rings. The maximum atomic E-state index is 14.5. The molecule has 0 saturated heterocycles. The molecule has 146 valence electrons. The number of nitrogens with one attached hydrogen (secondary N) is 1. The van der Waals surface area contributed by atoms with Crippen molar-refractivity contribution in [3.05, 3.63) is 88.5 Å². The summed E-state index contributed by atoms with van der Waals surface area (Å²) in [5, 5.41) is 7.18. The summed E-state index contributed by atoms with van der Waals surface area (Å²) in [5.74, 6) is -0.595. The number of rotatable bonds is 7. The number of aromatic amines is 1. The molecule has 0 spiro atoms. The summed E-state index contributed by atoms with van der Waals surface area (Å²) in [6, 6.07) is 16.3. The molecule has 1 unspecified atom stereocenters. The molecule has 0 aliphatic carbocycles. The third-order valence-corrected chi connectivity index (χ3v) is 5.27. The average molecular weight is 379 g/mol. The fourth-order valence-corrected chi connectivity index (χ4v) is 3.53. The summed E-state index contributed by atoms with van der Waals surface area (Å²) in [7, 11) is 1.80. The van der Waals surface area contributed by atoms with Gasteiger partial charge in [0.2, 0.25) is 5.91 Å². The van der Waals surface area contributed by atoms with Gasteiger partial charge in [0.25, 0.3) is 0 Å². The van der Waals surface area contributed by atoms with Crippen molar-refractivity contribution in [2.45, 2.75) is 32.6 Å². The minimum atomic E-state index is -0.310. The quantitative estimate of drug-likeness (QED) is 0.662.